The Hall–Kier alpha value is -3.16. The SMILES string of the molecule is O=S(=O)(Nn1nc(-c2ccc(Cl)cc2)cc1-c1ccncc1)c1ccccc1. The second-order valence-electron chi connectivity index (χ2n) is 5.98. The molecular formula is C20H15ClN4O2S. The van der Waals surface area contributed by atoms with Gasteiger partial charge in [-0.05, 0) is 42.5 Å². The van der Waals surface area contributed by atoms with Crippen LogP contribution >= 0.6 is 11.6 Å². The third-order valence-corrected chi connectivity index (χ3v) is 5.64. The number of nitrogens with one attached hydrogen (secondary N) is 1. The Kier molecular flexibility index (Phi) is 4.85. The van der Waals surface area contributed by atoms with Crippen LogP contribution in [0.5, 0.6) is 0 Å². The van der Waals surface area contributed by atoms with Gasteiger partial charge in [-0.25, -0.2) is 0 Å². The maximum absolute atomic E-state index is 12.8. The van der Waals surface area contributed by atoms with Gasteiger partial charge in [0, 0.05) is 28.5 Å². The second-order valence-corrected chi connectivity index (χ2v) is 8.07. The first kappa shape index (κ1) is 18.2. The number of rotatable bonds is 5. The Morgan fingerprint density at radius 3 is 2.21 bits per heavy atom. The van der Waals surface area contributed by atoms with Crippen molar-refractivity contribution >= 4 is 21.6 Å². The molecular weight excluding hydrogens is 396 g/mol. The molecule has 0 bridgehead atoms. The van der Waals surface area contributed by atoms with E-state index in [1.807, 2.05) is 18.2 Å². The van der Waals surface area contributed by atoms with E-state index >= 15 is 0 Å². The lowest BCUT2D eigenvalue weighted by Crippen LogP contribution is -2.25. The maximum atomic E-state index is 12.8. The Morgan fingerprint density at radius 2 is 1.54 bits per heavy atom. The van der Waals surface area contributed by atoms with Crippen molar-refractivity contribution < 1.29 is 8.42 Å². The van der Waals surface area contributed by atoms with E-state index in [1.165, 1.54) is 16.9 Å². The summed E-state index contributed by atoms with van der Waals surface area (Å²) < 4.78 is 25.5. The molecule has 0 aliphatic carbocycles. The zero-order valence-corrected chi connectivity index (χ0v) is 16.1. The summed E-state index contributed by atoms with van der Waals surface area (Å²) in [6.07, 6.45) is 3.28. The average molecular weight is 411 g/mol. The van der Waals surface area contributed by atoms with Crippen LogP contribution in [0.3, 0.4) is 0 Å². The first-order chi connectivity index (χ1) is 13.5. The third kappa shape index (κ3) is 3.76. The zero-order valence-electron chi connectivity index (χ0n) is 14.5. The number of pyridine rings is 1. The monoisotopic (exact) mass is 410 g/mol. The molecule has 0 fully saturated rings. The summed E-state index contributed by atoms with van der Waals surface area (Å²) in [5, 5.41) is 5.07. The fourth-order valence-corrected chi connectivity index (χ4v) is 3.82. The molecule has 0 aliphatic rings. The topological polar surface area (TPSA) is 76.9 Å². The minimum atomic E-state index is -3.81. The molecule has 0 spiro atoms. The summed E-state index contributed by atoms with van der Waals surface area (Å²) in [5.41, 5.74) is 2.79. The molecule has 140 valence electrons. The molecule has 6 nitrogen and oxygen atoms in total. The number of nitrogens with zero attached hydrogens (tertiary/aromatic N) is 3. The van der Waals surface area contributed by atoms with Crippen molar-refractivity contribution in [1.29, 1.82) is 0 Å². The van der Waals surface area contributed by atoms with Crippen molar-refractivity contribution in [1.82, 2.24) is 14.9 Å². The van der Waals surface area contributed by atoms with Crippen molar-refractivity contribution in [2.75, 3.05) is 4.83 Å². The molecule has 28 heavy (non-hydrogen) atoms. The van der Waals surface area contributed by atoms with E-state index < -0.39 is 10.0 Å². The van der Waals surface area contributed by atoms with Crippen molar-refractivity contribution in [2.24, 2.45) is 0 Å². The number of hydrogen-bond donors (Lipinski definition) is 1. The molecule has 0 saturated heterocycles. The van der Waals surface area contributed by atoms with Crippen molar-refractivity contribution in [3.05, 3.63) is 90.2 Å². The average Bonchev–Trinajstić information content (AvgIpc) is 3.13. The van der Waals surface area contributed by atoms with Crippen LogP contribution in [0.4, 0.5) is 0 Å². The van der Waals surface area contributed by atoms with Gasteiger partial charge < -0.3 is 0 Å². The van der Waals surface area contributed by atoms with Gasteiger partial charge in [-0.3, -0.25) is 4.98 Å². The molecule has 0 amide bonds. The zero-order chi connectivity index (χ0) is 19.6. The van der Waals surface area contributed by atoms with Crippen molar-refractivity contribution in [3.8, 4) is 22.5 Å². The quantitative estimate of drug-likeness (QED) is 0.535. The molecule has 4 aromatic rings. The van der Waals surface area contributed by atoms with Crippen LogP contribution in [-0.4, -0.2) is 23.3 Å². The summed E-state index contributed by atoms with van der Waals surface area (Å²) in [5.74, 6) is 0. The van der Waals surface area contributed by atoms with Crippen LogP contribution in [-0.2, 0) is 10.0 Å². The highest BCUT2D eigenvalue weighted by Gasteiger charge is 2.18. The Bertz CT molecular complexity index is 1190. The van der Waals surface area contributed by atoms with E-state index in [2.05, 4.69) is 14.9 Å². The molecule has 2 aromatic carbocycles. The Labute approximate surface area is 167 Å². The minimum absolute atomic E-state index is 0.152. The standard InChI is InChI=1S/C20H15ClN4O2S/c21-17-8-6-15(7-9-17)19-14-20(16-10-12-22-13-11-16)25(23-19)24-28(26,27)18-4-2-1-3-5-18/h1-14,24H. The summed E-state index contributed by atoms with van der Waals surface area (Å²) in [4.78, 5) is 7.97. The van der Waals surface area contributed by atoms with E-state index in [4.69, 9.17) is 11.6 Å². The van der Waals surface area contributed by atoms with E-state index in [-0.39, 0.29) is 4.90 Å². The van der Waals surface area contributed by atoms with Crippen LogP contribution in [0, 0.1) is 0 Å². The summed E-state index contributed by atoms with van der Waals surface area (Å²) in [6, 6.07) is 20.7. The highest BCUT2D eigenvalue weighted by molar-refractivity contribution is 7.92. The molecule has 0 radical (unpaired) electrons. The van der Waals surface area contributed by atoms with E-state index in [0.29, 0.717) is 16.4 Å². The van der Waals surface area contributed by atoms with Crippen LogP contribution in [0.2, 0.25) is 5.02 Å². The van der Waals surface area contributed by atoms with Gasteiger partial charge in [-0.1, -0.05) is 41.9 Å². The van der Waals surface area contributed by atoms with Gasteiger partial charge in [-0.15, -0.1) is 0 Å². The third-order valence-electron chi connectivity index (χ3n) is 4.09. The fraction of sp³-hybridized carbons (Fsp3) is 0. The summed E-state index contributed by atoms with van der Waals surface area (Å²) in [6.45, 7) is 0. The highest BCUT2D eigenvalue weighted by atomic mass is 35.5. The van der Waals surface area contributed by atoms with Gasteiger partial charge >= 0.3 is 0 Å². The summed E-state index contributed by atoms with van der Waals surface area (Å²) >= 11 is 5.96. The predicted molar refractivity (Wildman–Crippen MR) is 109 cm³/mol. The lowest BCUT2D eigenvalue weighted by Gasteiger charge is -2.11. The van der Waals surface area contributed by atoms with Crippen molar-refractivity contribution in [2.45, 2.75) is 4.90 Å². The van der Waals surface area contributed by atoms with Gasteiger partial charge in [0.15, 0.2) is 0 Å². The Balaban J connectivity index is 1.80. The van der Waals surface area contributed by atoms with E-state index in [0.717, 1.165) is 11.1 Å². The molecule has 0 aliphatic heterocycles. The molecule has 8 heteroatoms. The fourth-order valence-electron chi connectivity index (χ4n) is 2.71. The van der Waals surface area contributed by atoms with Gasteiger partial charge in [0.2, 0.25) is 0 Å². The number of aromatic nitrogens is 3. The molecule has 4 rings (SSSR count). The maximum Gasteiger partial charge on any atom is 0.276 e. The lowest BCUT2D eigenvalue weighted by molar-refractivity contribution is 0.592. The number of benzene rings is 2. The van der Waals surface area contributed by atoms with Gasteiger partial charge in [0.1, 0.15) is 0 Å². The molecule has 0 saturated carbocycles. The minimum Gasteiger partial charge on any atom is -0.265 e. The normalized spacial score (nSPS) is 11.3. The first-order valence-electron chi connectivity index (χ1n) is 8.37. The van der Waals surface area contributed by atoms with Gasteiger partial charge in [0.25, 0.3) is 10.0 Å². The second kappa shape index (κ2) is 7.46. The van der Waals surface area contributed by atoms with Crippen LogP contribution in [0.15, 0.2) is 90.1 Å². The largest absolute Gasteiger partial charge is 0.276 e. The molecule has 1 N–H and O–H groups in total. The molecule has 0 unspecified atom stereocenters. The number of hydrogen-bond acceptors (Lipinski definition) is 4. The van der Waals surface area contributed by atoms with Crippen molar-refractivity contribution in [3.63, 3.8) is 0 Å². The lowest BCUT2D eigenvalue weighted by atomic mass is 10.1. The molecule has 2 aromatic heterocycles. The predicted octanol–water partition coefficient (Wildman–Crippen LogP) is 4.20. The van der Waals surface area contributed by atoms with Crippen LogP contribution < -0.4 is 4.83 Å². The smallest absolute Gasteiger partial charge is 0.265 e. The van der Waals surface area contributed by atoms with Gasteiger partial charge in [0.05, 0.1) is 16.3 Å². The van der Waals surface area contributed by atoms with Crippen LogP contribution in [0.25, 0.3) is 22.5 Å². The van der Waals surface area contributed by atoms with E-state index in [1.54, 1.807) is 54.9 Å². The van der Waals surface area contributed by atoms with Gasteiger partial charge in [-0.2, -0.15) is 23.1 Å². The first-order valence-corrected chi connectivity index (χ1v) is 10.2. The Morgan fingerprint density at radius 1 is 0.857 bits per heavy atom. The van der Waals surface area contributed by atoms with Crippen LogP contribution in [0.1, 0.15) is 0 Å². The highest BCUT2D eigenvalue weighted by Crippen LogP contribution is 2.27. The number of sulfonamides is 1. The number of halogens is 1. The molecule has 2 heterocycles. The van der Waals surface area contributed by atoms with E-state index in [9.17, 15) is 8.42 Å². The molecule has 0 atom stereocenters. The summed E-state index contributed by atoms with van der Waals surface area (Å²) in [7, 11) is -3.81.